The maximum absolute atomic E-state index is 11.8. The zero-order valence-corrected chi connectivity index (χ0v) is 10.3. The number of nitrogens with two attached hydrogens (primary N) is 1. The summed E-state index contributed by atoms with van der Waals surface area (Å²) in [5, 5.41) is 3.12. The average Bonchev–Trinajstić information content (AvgIpc) is 2.48. The van der Waals surface area contributed by atoms with Crippen molar-refractivity contribution in [2.75, 3.05) is 0 Å². The summed E-state index contributed by atoms with van der Waals surface area (Å²) in [4.78, 5) is 11.8. The van der Waals surface area contributed by atoms with Crippen LogP contribution in [0, 0.1) is 17.8 Å². The maximum Gasteiger partial charge on any atom is 0.224 e. The predicted molar refractivity (Wildman–Crippen MR) is 62.3 cm³/mol. The molecule has 3 nitrogen and oxygen atoms in total. The Morgan fingerprint density at radius 1 is 1.33 bits per heavy atom. The second-order valence-electron chi connectivity index (χ2n) is 5.18. The monoisotopic (exact) mass is 212 g/mol. The summed E-state index contributed by atoms with van der Waals surface area (Å²) >= 11 is 0. The zero-order valence-electron chi connectivity index (χ0n) is 10.3. The maximum atomic E-state index is 11.8. The number of carbonyl (C=O) groups is 1. The molecule has 1 fully saturated rings. The Morgan fingerprint density at radius 3 is 2.33 bits per heavy atom. The quantitative estimate of drug-likeness (QED) is 0.745. The first kappa shape index (κ1) is 12.5. The van der Waals surface area contributed by atoms with Crippen molar-refractivity contribution < 1.29 is 4.79 Å². The van der Waals surface area contributed by atoms with Crippen molar-refractivity contribution in [1.29, 1.82) is 0 Å². The molecule has 5 unspecified atom stereocenters. The highest BCUT2D eigenvalue weighted by atomic mass is 16.2. The van der Waals surface area contributed by atoms with Gasteiger partial charge in [0, 0.05) is 18.0 Å². The summed E-state index contributed by atoms with van der Waals surface area (Å²) in [5.41, 5.74) is 5.71. The summed E-state index contributed by atoms with van der Waals surface area (Å²) in [6.07, 6.45) is 2.33. The van der Waals surface area contributed by atoms with E-state index < -0.39 is 0 Å². The van der Waals surface area contributed by atoms with Crippen molar-refractivity contribution in [3.63, 3.8) is 0 Å². The van der Waals surface area contributed by atoms with E-state index in [1.54, 1.807) is 0 Å². The molecule has 3 heteroatoms. The summed E-state index contributed by atoms with van der Waals surface area (Å²) in [5.74, 6) is 1.33. The highest BCUT2D eigenvalue weighted by Gasteiger charge is 2.31. The van der Waals surface area contributed by atoms with Crippen molar-refractivity contribution in [3.05, 3.63) is 0 Å². The van der Waals surface area contributed by atoms with Crippen LogP contribution in [0.1, 0.15) is 40.5 Å². The fourth-order valence-corrected chi connectivity index (χ4v) is 2.12. The minimum absolute atomic E-state index is 0.0702. The SMILES string of the molecule is CC(N)C(C)C(=O)NC1CCC(C)C1C. The van der Waals surface area contributed by atoms with Crippen molar-refractivity contribution in [2.45, 2.75) is 52.6 Å². The number of amides is 1. The van der Waals surface area contributed by atoms with Crippen LogP contribution in [0.4, 0.5) is 0 Å². The van der Waals surface area contributed by atoms with Gasteiger partial charge in [-0.2, -0.15) is 0 Å². The molecule has 0 radical (unpaired) electrons. The summed E-state index contributed by atoms with van der Waals surface area (Å²) in [7, 11) is 0. The summed E-state index contributed by atoms with van der Waals surface area (Å²) in [6.45, 7) is 8.25. The number of carbonyl (C=O) groups excluding carboxylic acids is 1. The molecule has 15 heavy (non-hydrogen) atoms. The van der Waals surface area contributed by atoms with E-state index in [0.29, 0.717) is 12.0 Å². The molecule has 5 atom stereocenters. The lowest BCUT2D eigenvalue weighted by Crippen LogP contribution is -2.44. The third-order valence-electron chi connectivity index (χ3n) is 4.00. The van der Waals surface area contributed by atoms with E-state index in [4.69, 9.17) is 5.73 Å². The van der Waals surface area contributed by atoms with Gasteiger partial charge in [0.05, 0.1) is 0 Å². The molecule has 1 aliphatic carbocycles. The first-order chi connectivity index (χ1) is 6.93. The largest absolute Gasteiger partial charge is 0.353 e. The van der Waals surface area contributed by atoms with Crippen LogP contribution in [0.2, 0.25) is 0 Å². The van der Waals surface area contributed by atoms with Gasteiger partial charge in [-0.1, -0.05) is 20.8 Å². The Labute approximate surface area is 92.8 Å². The fraction of sp³-hybridized carbons (Fsp3) is 0.917. The standard InChI is InChI=1S/C12H24N2O/c1-7-5-6-11(8(7)2)14-12(15)9(3)10(4)13/h7-11H,5-6,13H2,1-4H3,(H,14,15). The third-order valence-corrected chi connectivity index (χ3v) is 4.00. The molecule has 0 bridgehead atoms. The molecular formula is C12H24N2O. The molecule has 0 aliphatic heterocycles. The first-order valence-corrected chi connectivity index (χ1v) is 5.99. The van der Waals surface area contributed by atoms with E-state index in [1.807, 2.05) is 13.8 Å². The van der Waals surface area contributed by atoms with Crippen LogP contribution in [-0.4, -0.2) is 18.0 Å². The molecule has 1 saturated carbocycles. The molecule has 0 aromatic carbocycles. The Kier molecular flexibility index (Phi) is 4.14. The zero-order chi connectivity index (χ0) is 11.6. The molecule has 0 spiro atoms. The Morgan fingerprint density at radius 2 is 1.93 bits per heavy atom. The fourth-order valence-electron chi connectivity index (χ4n) is 2.12. The smallest absolute Gasteiger partial charge is 0.224 e. The van der Waals surface area contributed by atoms with Crippen LogP contribution in [0.25, 0.3) is 0 Å². The van der Waals surface area contributed by atoms with Crippen LogP contribution in [0.5, 0.6) is 0 Å². The highest BCUT2D eigenvalue weighted by Crippen LogP contribution is 2.31. The molecule has 0 saturated heterocycles. The summed E-state index contributed by atoms with van der Waals surface area (Å²) < 4.78 is 0. The van der Waals surface area contributed by atoms with Crippen LogP contribution < -0.4 is 11.1 Å². The predicted octanol–water partition coefficient (Wildman–Crippen LogP) is 1.52. The number of hydrogen-bond acceptors (Lipinski definition) is 2. The van der Waals surface area contributed by atoms with Gasteiger partial charge in [-0.05, 0) is 31.6 Å². The average molecular weight is 212 g/mol. The van der Waals surface area contributed by atoms with E-state index in [0.717, 1.165) is 12.3 Å². The van der Waals surface area contributed by atoms with E-state index >= 15 is 0 Å². The van der Waals surface area contributed by atoms with Crippen molar-refractivity contribution in [2.24, 2.45) is 23.5 Å². The normalized spacial score (nSPS) is 34.9. The van der Waals surface area contributed by atoms with Gasteiger partial charge < -0.3 is 11.1 Å². The number of hydrogen-bond donors (Lipinski definition) is 2. The molecule has 0 aromatic rings. The number of rotatable bonds is 3. The lowest BCUT2D eigenvalue weighted by molar-refractivity contribution is -0.125. The number of nitrogens with one attached hydrogen (secondary N) is 1. The van der Waals surface area contributed by atoms with E-state index in [2.05, 4.69) is 19.2 Å². The van der Waals surface area contributed by atoms with Gasteiger partial charge in [-0.15, -0.1) is 0 Å². The topological polar surface area (TPSA) is 55.1 Å². The van der Waals surface area contributed by atoms with Gasteiger partial charge in [0.25, 0.3) is 0 Å². The van der Waals surface area contributed by atoms with Gasteiger partial charge >= 0.3 is 0 Å². The molecule has 88 valence electrons. The van der Waals surface area contributed by atoms with E-state index in [1.165, 1.54) is 6.42 Å². The Bertz CT molecular complexity index is 228. The molecule has 1 amide bonds. The van der Waals surface area contributed by atoms with E-state index in [-0.39, 0.29) is 17.9 Å². The van der Waals surface area contributed by atoms with Crippen molar-refractivity contribution in [1.82, 2.24) is 5.32 Å². The lowest BCUT2D eigenvalue weighted by Gasteiger charge is -2.23. The van der Waals surface area contributed by atoms with Crippen molar-refractivity contribution in [3.8, 4) is 0 Å². The first-order valence-electron chi connectivity index (χ1n) is 5.99. The molecule has 1 aliphatic rings. The Balaban J connectivity index is 2.45. The highest BCUT2D eigenvalue weighted by molar-refractivity contribution is 5.79. The second kappa shape index (κ2) is 4.97. The molecular weight excluding hydrogens is 188 g/mol. The van der Waals surface area contributed by atoms with Crippen LogP contribution >= 0.6 is 0 Å². The molecule has 0 heterocycles. The minimum Gasteiger partial charge on any atom is -0.353 e. The minimum atomic E-state index is -0.0897. The molecule has 1 rings (SSSR count). The van der Waals surface area contributed by atoms with Gasteiger partial charge in [-0.3, -0.25) is 4.79 Å². The third kappa shape index (κ3) is 2.94. The molecule has 3 N–H and O–H groups in total. The molecule has 0 aromatic heterocycles. The Hall–Kier alpha value is -0.570. The van der Waals surface area contributed by atoms with Crippen LogP contribution in [0.15, 0.2) is 0 Å². The lowest BCUT2D eigenvalue weighted by atomic mass is 9.96. The van der Waals surface area contributed by atoms with Gasteiger partial charge in [-0.25, -0.2) is 0 Å². The van der Waals surface area contributed by atoms with Gasteiger partial charge in [0.1, 0.15) is 0 Å². The van der Waals surface area contributed by atoms with E-state index in [9.17, 15) is 4.79 Å². The summed E-state index contributed by atoms with van der Waals surface area (Å²) in [6, 6.07) is 0.285. The second-order valence-corrected chi connectivity index (χ2v) is 5.18. The van der Waals surface area contributed by atoms with Crippen LogP contribution in [0.3, 0.4) is 0 Å². The van der Waals surface area contributed by atoms with Crippen molar-refractivity contribution >= 4 is 5.91 Å². The van der Waals surface area contributed by atoms with Gasteiger partial charge in [0.2, 0.25) is 5.91 Å². The van der Waals surface area contributed by atoms with Crippen LogP contribution in [-0.2, 0) is 4.79 Å². The van der Waals surface area contributed by atoms with Gasteiger partial charge in [0.15, 0.2) is 0 Å².